The molecule has 0 fully saturated rings. The van der Waals surface area contributed by atoms with Crippen LogP contribution in [0.15, 0.2) is 58.5 Å². The Kier molecular flexibility index (Phi) is 10.7. The van der Waals surface area contributed by atoms with Crippen LogP contribution in [-0.4, -0.2) is 16.0 Å². The zero-order valence-corrected chi connectivity index (χ0v) is 22.2. The van der Waals surface area contributed by atoms with Gasteiger partial charge >= 0.3 is 33.3 Å². The standard InChI is InChI=1S/C21H17Cl4N3.2ClH.Fe/c1-12(26-20-14(22)6-4-7-15(20)23)18-10-11-19(28(18)3)13(2)27-21-16(24)8-5-9-17(21)25;;;/h4-11H,1-3H3;2*1H;/q;;;+2/p-2. The quantitative estimate of drug-likeness (QED) is 0.218. The van der Waals surface area contributed by atoms with Crippen molar-refractivity contribution >= 4 is 89.4 Å². The Morgan fingerprint density at radius 1 is 0.677 bits per heavy atom. The van der Waals surface area contributed by atoms with E-state index in [9.17, 15) is 0 Å². The summed E-state index contributed by atoms with van der Waals surface area (Å²) in [5, 5.41) is 2.03. The monoisotopic (exact) mass is 577 g/mol. The molecule has 3 rings (SSSR count). The van der Waals surface area contributed by atoms with E-state index in [1.165, 1.54) is 0 Å². The Morgan fingerprint density at radius 2 is 0.968 bits per heavy atom. The molecular formula is C21H17Cl6FeN3. The first-order valence-electron chi connectivity index (χ1n) is 8.71. The summed E-state index contributed by atoms with van der Waals surface area (Å²) in [6, 6.07) is 14.6. The van der Waals surface area contributed by atoms with Crippen LogP contribution >= 0.6 is 66.6 Å². The van der Waals surface area contributed by atoms with Crippen LogP contribution in [0.25, 0.3) is 0 Å². The van der Waals surface area contributed by atoms with Gasteiger partial charge in [-0.05, 0) is 50.2 Å². The van der Waals surface area contributed by atoms with Gasteiger partial charge in [0.2, 0.25) is 0 Å². The number of para-hydroxylation sites is 2. The van der Waals surface area contributed by atoms with Crippen LogP contribution in [0.5, 0.6) is 0 Å². The third kappa shape index (κ3) is 6.90. The molecule has 1 aromatic heterocycles. The van der Waals surface area contributed by atoms with Crippen molar-refractivity contribution in [1.29, 1.82) is 0 Å². The molecule has 0 aliphatic carbocycles. The summed E-state index contributed by atoms with van der Waals surface area (Å²) >= 11 is 25.1. The van der Waals surface area contributed by atoms with Gasteiger partial charge in [0, 0.05) is 7.05 Å². The van der Waals surface area contributed by atoms with Gasteiger partial charge in [-0.25, -0.2) is 9.98 Å². The molecular weight excluding hydrogens is 563 g/mol. The maximum absolute atomic E-state index is 6.23. The molecule has 1 heterocycles. The van der Waals surface area contributed by atoms with E-state index in [1.807, 2.05) is 37.6 Å². The van der Waals surface area contributed by atoms with Crippen molar-refractivity contribution in [3.8, 4) is 0 Å². The van der Waals surface area contributed by atoms with Gasteiger partial charge in [-0.15, -0.1) is 0 Å². The van der Waals surface area contributed by atoms with Crippen LogP contribution in [0.1, 0.15) is 25.2 Å². The molecule has 0 aliphatic heterocycles. The summed E-state index contributed by atoms with van der Waals surface area (Å²) in [4.78, 5) is 9.25. The minimum atomic E-state index is 0.194. The van der Waals surface area contributed by atoms with Gasteiger partial charge in [-0.1, -0.05) is 58.5 Å². The van der Waals surface area contributed by atoms with Crippen LogP contribution in [0.3, 0.4) is 0 Å². The van der Waals surface area contributed by atoms with E-state index < -0.39 is 0 Å². The van der Waals surface area contributed by atoms with E-state index >= 15 is 0 Å². The van der Waals surface area contributed by atoms with E-state index in [1.54, 1.807) is 36.4 Å². The Labute approximate surface area is 216 Å². The van der Waals surface area contributed by atoms with E-state index in [0.29, 0.717) is 31.5 Å². The van der Waals surface area contributed by atoms with Crippen LogP contribution in [0.4, 0.5) is 11.4 Å². The van der Waals surface area contributed by atoms with E-state index in [0.717, 1.165) is 22.8 Å². The van der Waals surface area contributed by atoms with Gasteiger partial charge in [0.25, 0.3) is 0 Å². The average molecular weight is 580 g/mol. The number of aliphatic imine (C=N–C) groups is 2. The topological polar surface area (TPSA) is 29.6 Å². The molecule has 0 spiro atoms. The Hall–Kier alpha value is -0.681. The predicted octanol–water partition coefficient (Wildman–Crippen LogP) is 9.30. The number of hydrogen-bond donors (Lipinski definition) is 0. The predicted molar refractivity (Wildman–Crippen MR) is 134 cm³/mol. The van der Waals surface area contributed by atoms with Gasteiger partial charge in [0.1, 0.15) is 11.4 Å². The zero-order chi connectivity index (χ0) is 23.1. The Morgan fingerprint density at radius 3 is 1.26 bits per heavy atom. The van der Waals surface area contributed by atoms with Crippen LogP contribution in [0.2, 0.25) is 20.1 Å². The molecule has 0 N–H and O–H groups in total. The molecule has 0 amide bonds. The molecule has 0 saturated heterocycles. The van der Waals surface area contributed by atoms with Gasteiger partial charge in [0.15, 0.2) is 0 Å². The van der Waals surface area contributed by atoms with Crippen molar-refractivity contribution in [2.24, 2.45) is 17.0 Å². The summed E-state index contributed by atoms with van der Waals surface area (Å²) in [5.41, 5.74) is 4.52. The van der Waals surface area contributed by atoms with Gasteiger partial charge in [-0.3, -0.25) is 0 Å². The van der Waals surface area contributed by atoms with Crippen LogP contribution < -0.4 is 0 Å². The second kappa shape index (κ2) is 12.5. The first-order chi connectivity index (χ1) is 14.7. The second-order valence-electron chi connectivity index (χ2n) is 6.25. The maximum atomic E-state index is 6.23. The number of hydrogen-bond acceptors (Lipinski definition) is 2. The van der Waals surface area contributed by atoms with Crippen LogP contribution in [-0.2, 0) is 20.2 Å². The second-order valence-corrected chi connectivity index (χ2v) is 9.70. The number of benzene rings is 2. The first-order valence-corrected chi connectivity index (χ1v) is 13.3. The first kappa shape index (κ1) is 26.6. The molecule has 10 heteroatoms. The number of halogens is 6. The SMILES string of the molecule is CC(=Nc1c(Cl)cccc1Cl)c1ccc(C(C)=Nc2c(Cl)cccc2Cl)n1C.[Cl][Fe][Cl]. The van der Waals surface area contributed by atoms with Crippen molar-refractivity contribution < 1.29 is 13.1 Å². The van der Waals surface area contributed by atoms with Crippen molar-refractivity contribution in [1.82, 2.24) is 4.57 Å². The zero-order valence-electron chi connectivity index (χ0n) is 16.6. The fraction of sp³-hybridized carbons (Fsp3) is 0.143. The Bertz CT molecular complexity index is 999. The molecule has 2 aromatic carbocycles. The third-order valence-corrected chi connectivity index (χ3v) is 5.52. The Balaban J connectivity index is 0.00000107. The molecule has 0 unspecified atom stereocenters. The van der Waals surface area contributed by atoms with E-state index in [4.69, 9.17) is 66.6 Å². The number of rotatable bonds is 4. The third-order valence-electron chi connectivity index (χ3n) is 4.30. The van der Waals surface area contributed by atoms with Gasteiger partial charge in [-0.2, -0.15) is 0 Å². The van der Waals surface area contributed by atoms with E-state index in [-0.39, 0.29) is 13.1 Å². The van der Waals surface area contributed by atoms with Crippen molar-refractivity contribution in [2.75, 3.05) is 0 Å². The average Bonchev–Trinajstić information content (AvgIpc) is 3.10. The summed E-state index contributed by atoms with van der Waals surface area (Å²) in [7, 11) is 11.5. The molecule has 3 nitrogen and oxygen atoms in total. The summed E-state index contributed by atoms with van der Waals surface area (Å²) in [5.74, 6) is 0. The van der Waals surface area contributed by atoms with Gasteiger partial charge in [0.05, 0.1) is 42.9 Å². The summed E-state index contributed by atoms with van der Waals surface area (Å²) < 4.78 is 2.01. The number of aromatic nitrogens is 1. The van der Waals surface area contributed by atoms with Gasteiger partial charge < -0.3 is 4.57 Å². The summed E-state index contributed by atoms with van der Waals surface area (Å²) in [6.07, 6.45) is 0. The fourth-order valence-corrected chi connectivity index (χ4v) is 3.84. The fourth-order valence-electron chi connectivity index (χ4n) is 2.88. The van der Waals surface area contributed by atoms with Crippen molar-refractivity contribution in [2.45, 2.75) is 13.8 Å². The van der Waals surface area contributed by atoms with E-state index in [2.05, 4.69) is 9.98 Å². The molecule has 0 saturated carbocycles. The normalized spacial score (nSPS) is 12.0. The van der Waals surface area contributed by atoms with Crippen molar-refractivity contribution in [3.05, 3.63) is 80.0 Å². The molecule has 0 radical (unpaired) electrons. The molecule has 0 atom stereocenters. The number of nitrogens with zero attached hydrogens (tertiary/aromatic N) is 3. The van der Waals surface area contributed by atoms with Crippen molar-refractivity contribution in [3.63, 3.8) is 0 Å². The molecule has 3 aromatic rings. The van der Waals surface area contributed by atoms with Crippen LogP contribution in [0, 0.1) is 0 Å². The minimum absolute atomic E-state index is 0.194. The molecule has 166 valence electrons. The molecule has 31 heavy (non-hydrogen) atoms. The summed E-state index contributed by atoms with van der Waals surface area (Å²) in [6.45, 7) is 3.83. The molecule has 0 bridgehead atoms. The molecule has 0 aliphatic rings.